The van der Waals surface area contributed by atoms with E-state index in [0.717, 1.165) is 0 Å². The number of para-hydroxylation sites is 1. The summed E-state index contributed by atoms with van der Waals surface area (Å²) in [7, 11) is 0. The quantitative estimate of drug-likeness (QED) is 0.554. The maximum absolute atomic E-state index is 10.7. The highest BCUT2D eigenvalue weighted by Crippen LogP contribution is 2.29. The molecule has 0 fully saturated rings. The van der Waals surface area contributed by atoms with Gasteiger partial charge >= 0.3 is 0 Å². The van der Waals surface area contributed by atoms with Crippen molar-refractivity contribution in [2.45, 2.75) is 0 Å². The lowest BCUT2D eigenvalue weighted by molar-refractivity contribution is -0.127. The van der Waals surface area contributed by atoms with E-state index in [9.17, 15) is 4.79 Å². The molecule has 1 rings (SSSR count). The number of hydrogen-bond donors (Lipinski definition) is 3. The summed E-state index contributed by atoms with van der Waals surface area (Å²) in [5.74, 6) is -0.569. The molecular weight excluding hydrogens is 227 g/mol. The summed E-state index contributed by atoms with van der Waals surface area (Å²) in [5, 5.41) is 11.8. The summed E-state index contributed by atoms with van der Waals surface area (Å²) >= 11 is 11.6. The predicted octanol–water partition coefficient (Wildman–Crippen LogP) is 1.91. The minimum Gasteiger partial charge on any atom is -0.374 e. The van der Waals surface area contributed by atoms with E-state index < -0.39 is 5.91 Å². The Kier molecular flexibility index (Phi) is 4.00. The summed E-state index contributed by atoms with van der Waals surface area (Å²) in [5.41, 5.74) is 1.96. The van der Waals surface area contributed by atoms with Crippen LogP contribution in [0, 0.1) is 0 Å². The van der Waals surface area contributed by atoms with Gasteiger partial charge < -0.3 is 5.32 Å². The first-order chi connectivity index (χ1) is 6.65. The van der Waals surface area contributed by atoms with Crippen LogP contribution in [-0.4, -0.2) is 17.7 Å². The van der Waals surface area contributed by atoms with Crippen LogP contribution in [0.5, 0.6) is 0 Å². The topological polar surface area (TPSA) is 61.4 Å². The first-order valence-corrected chi connectivity index (χ1v) is 4.51. The van der Waals surface area contributed by atoms with Gasteiger partial charge in [-0.15, -0.1) is 0 Å². The third-order valence-electron chi connectivity index (χ3n) is 1.51. The van der Waals surface area contributed by atoms with Crippen molar-refractivity contribution < 1.29 is 10.0 Å². The van der Waals surface area contributed by atoms with Crippen molar-refractivity contribution >= 4 is 34.8 Å². The molecule has 0 aromatic heterocycles. The maximum atomic E-state index is 10.7. The summed E-state index contributed by atoms with van der Waals surface area (Å²) < 4.78 is 0. The molecule has 1 amide bonds. The van der Waals surface area contributed by atoms with Crippen LogP contribution in [-0.2, 0) is 4.79 Å². The van der Waals surface area contributed by atoms with Crippen LogP contribution in [0.15, 0.2) is 18.2 Å². The first kappa shape index (κ1) is 11.1. The molecule has 1 aromatic carbocycles. The molecule has 76 valence electrons. The van der Waals surface area contributed by atoms with Crippen molar-refractivity contribution in [3.8, 4) is 0 Å². The van der Waals surface area contributed by atoms with Gasteiger partial charge in [0, 0.05) is 0 Å². The van der Waals surface area contributed by atoms with Gasteiger partial charge in [0.25, 0.3) is 5.91 Å². The van der Waals surface area contributed by atoms with Crippen molar-refractivity contribution in [1.82, 2.24) is 5.48 Å². The van der Waals surface area contributed by atoms with E-state index in [1.165, 1.54) is 5.48 Å². The van der Waals surface area contributed by atoms with Crippen molar-refractivity contribution in [2.24, 2.45) is 0 Å². The van der Waals surface area contributed by atoms with Crippen LogP contribution in [0.1, 0.15) is 0 Å². The van der Waals surface area contributed by atoms with Crippen LogP contribution in [0.25, 0.3) is 0 Å². The predicted molar refractivity (Wildman–Crippen MR) is 54.9 cm³/mol. The van der Waals surface area contributed by atoms with Gasteiger partial charge in [-0.3, -0.25) is 10.0 Å². The monoisotopic (exact) mass is 234 g/mol. The Morgan fingerprint density at radius 2 is 1.93 bits per heavy atom. The van der Waals surface area contributed by atoms with Crippen LogP contribution in [0.4, 0.5) is 5.69 Å². The molecule has 0 heterocycles. The second-order valence-electron chi connectivity index (χ2n) is 2.49. The normalized spacial score (nSPS) is 9.64. The van der Waals surface area contributed by atoms with Gasteiger partial charge in [-0.1, -0.05) is 29.3 Å². The van der Waals surface area contributed by atoms with Gasteiger partial charge in [0.15, 0.2) is 0 Å². The molecule has 0 aliphatic carbocycles. The molecule has 0 aliphatic heterocycles. The van der Waals surface area contributed by atoms with Gasteiger partial charge in [0.05, 0.1) is 22.3 Å². The Bertz CT molecular complexity index is 324. The highest BCUT2D eigenvalue weighted by molar-refractivity contribution is 6.39. The maximum Gasteiger partial charge on any atom is 0.262 e. The molecular formula is C8H8Cl2N2O2. The largest absolute Gasteiger partial charge is 0.374 e. The fourth-order valence-electron chi connectivity index (χ4n) is 0.875. The standard InChI is InChI=1S/C8H8Cl2N2O2/c9-5-2-1-3-6(10)8(5)11-4-7(13)12-14/h1-3,11,14H,4H2,(H,12,13). The Labute approximate surface area is 90.8 Å². The van der Waals surface area contributed by atoms with Crippen molar-refractivity contribution in [3.05, 3.63) is 28.2 Å². The fourth-order valence-corrected chi connectivity index (χ4v) is 1.41. The number of nitrogens with one attached hydrogen (secondary N) is 2. The van der Waals surface area contributed by atoms with Gasteiger partial charge in [0.2, 0.25) is 0 Å². The smallest absolute Gasteiger partial charge is 0.262 e. The minimum absolute atomic E-state index is 0.0973. The van der Waals surface area contributed by atoms with E-state index in [1.54, 1.807) is 18.2 Å². The highest BCUT2D eigenvalue weighted by atomic mass is 35.5. The molecule has 4 nitrogen and oxygen atoms in total. The average Bonchev–Trinajstić information content (AvgIpc) is 2.16. The summed E-state index contributed by atoms with van der Waals surface area (Å²) in [6.45, 7) is -0.0973. The Morgan fingerprint density at radius 3 is 2.43 bits per heavy atom. The lowest BCUT2D eigenvalue weighted by atomic mass is 10.3. The molecule has 0 saturated carbocycles. The minimum atomic E-state index is -0.569. The molecule has 0 aliphatic rings. The van der Waals surface area contributed by atoms with Crippen molar-refractivity contribution in [3.63, 3.8) is 0 Å². The van der Waals surface area contributed by atoms with Crippen LogP contribution < -0.4 is 10.8 Å². The Morgan fingerprint density at radius 1 is 1.36 bits per heavy atom. The van der Waals surface area contributed by atoms with Crippen molar-refractivity contribution in [2.75, 3.05) is 11.9 Å². The SMILES string of the molecule is O=C(CNc1c(Cl)cccc1Cl)NO. The number of amides is 1. The summed E-state index contributed by atoms with van der Waals surface area (Å²) in [4.78, 5) is 10.7. The van der Waals surface area contributed by atoms with Gasteiger partial charge in [0.1, 0.15) is 0 Å². The molecule has 3 N–H and O–H groups in total. The zero-order valence-corrected chi connectivity index (χ0v) is 8.56. The number of hydroxylamine groups is 1. The van der Waals surface area contributed by atoms with E-state index in [4.69, 9.17) is 28.4 Å². The Balaban J connectivity index is 2.71. The second-order valence-corrected chi connectivity index (χ2v) is 3.30. The van der Waals surface area contributed by atoms with E-state index >= 15 is 0 Å². The lowest BCUT2D eigenvalue weighted by Crippen LogP contribution is -2.26. The number of halogens is 2. The number of carbonyl (C=O) groups is 1. The molecule has 0 saturated heterocycles. The zero-order valence-electron chi connectivity index (χ0n) is 7.05. The number of rotatable bonds is 3. The highest BCUT2D eigenvalue weighted by Gasteiger charge is 2.06. The summed E-state index contributed by atoms with van der Waals surface area (Å²) in [6.07, 6.45) is 0. The van der Waals surface area contributed by atoms with Gasteiger partial charge in [-0.05, 0) is 12.1 Å². The fraction of sp³-hybridized carbons (Fsp3) is 0.125. The average molecular weight is 235 g/mol. The van der Waals surface area contributed by atoms with Crippen LogP contribution >= 0.6 is 23.2 Å². The molecule has 6 heteroatoms. The van der Waals surface area contributed by atoms with E-state index in [2.05, 4.69) is 5.32 Å². The molecule has 1 aromatic rings. The molecule has 0 spiro atoms. The van der Waals surface area contributed by atoms with Gasteiger partial charge in [-0.25, -0.2) is 5.48 Å². The zero-order chi connectivity index (χ0) is 10.6. The van der Waals surface area contributed by atoms with E-state index in [1.807, 2.05) is 0 Å². The van der Waals surface area contributed by atoms with Crippen LogP contribution in [0.2, 0.25) is 10.0 Å². The molecule has 0 atom stereocenters. The number of hydrogen-bond acceptors (Lipinski definition) is 3. The van der Waals surface area contributed by atoms with E-state index in [0.29, 0.717) is 15.7 Å². The third-order valence-corrected chi connectivity index (χ3v) is 2.14. The van der Waals surface area contributed by atoms with E-state index in [-0.39, 0.29) is 6.54 Å². The number of anilines is 1. The van der Waals surface area contributed by atoms with Crippen molar-refractivity contribution in [1.29, 1.82) is 0 Å². The molecule has 0 bridgehead atoms. The first-order valence-electron chi connectivity index (χ1n) is 3.76. The molecule has 0 unspecified atom stereocenters. The Hall–Kier alpha value is -0.970. The number of carbonyl (C=O) groups excluding carboxylic acids is 1. The van der Waals surface area contributed by atoms with Gasteiger partial charge in [-0.2, -0.15) is 0 Å². The second kappa shape index (κ2) is 5.05. The number of benzene rings is 1. The summed E-state index contributed by atoms with van der Waals surface area (Å²) in [6, 6.07) is 4.99. The molecule has 0 radical (unpaired) electrons. The van der Waals surface area contributed by atoms with Crippen LogP contribution in [0.3, 0.4) is 0 Å². The lowest BCUT2D eigenvalue weighted by Gasteiger charge is -2.08. The molecule has 14 heavy (non-hydrogen) atoms. The third kappa shape index (κ3) is 2.77.